The molecule has 0 bridgehead atoms. The molecule has 4 aliphatic carbocycles. The van der Waals surface area contributed by atoms with Crippen molar-refractivity contribution in [3.05, 3.63) is 0 Å². The van der Waals surface area contributed by atoms with Crippen LogP contribution in [0, 0.1) is 34.5 Å². The monoisotopic (exact) mass is 446 g/mol. The van der Waals surface area contributed by atoms with Crippen LogP contribution < -0.4 is 0 Å². The lowest BCUT2D eigenvalue weighted by atomic mass is 9.44. The molecule has 0 radical (unpaired) electrons. The largest absolute Gasteiger partial charge is 0.393 e. The van der Waals surface area contributed by atoms with E-state index in [4.69, 9.17) is 0 Å². The number of piperazine rings is 1. The van der Waals surface area contributed by atoms with Gasteiger partial charge in [-0.2, -0.15) is 0 Å². The van der Waals surface area contributed by atoms with E-state index in [9.17, 15) is 10.2 Å². The smallest absolute Gasteiger partial charge is 0.0698 e. The number of rotatable bonds is 4. The standard InChI is InChI=1S/C28H50N2O2/c1-5-6-19(2)29-13-15-30(16-14-29)24-18-28(4)20(17-25(24)31)7-8-21-22-9-10-26(32)27(22,3)12-11-23(21)28/h19-26,31-32H,5-18H2,1-4H3/t19?,20-,21-,22-,23-,24-,25-,26-,27-,28-/m0/s1. The van der Waals surface area contributed by atoms with E-state index in [0.717, 1.165) is 56.8 Å². The fraction of sp³-hybridized carbons (Fsp3) is 1.00. The van der Waals surface area contributed by atoms with Gasteiger partial charge >= 0.3 is 0 Å². The number of hydrogen-bond donors (Lipinski definition) is 2. The van der Waals surface area contributed by atoms with Crippen LogP contribution in [0.4, 0.5) is 0 Å². The van der Waals surface area contributed by atoms with E-state index in [1.807, 2.05) is 0 Å². The molecule has 1 saturated heterocycles. The molecule has 4 heteroatoms. The van der Waals surface area contributed by atoms with Crippen molar-refractivity contribution in [1.29, 1.82) is 0 Å². The van der Waals surface area contributed by atoms with E-state index >= 15 is 0 Å². The molecule has 1 aliphatic heterocycles. The van der Waals surface area contributed by atoms with Gasteiger partial charge in [0.05, 0.1) is 12.2 Å². The highest BCUT2D eigenvalue weighted by Gasteiger charge is 2.61. The van der Waals surface area contributed by atoms with Gasteiger partial charge < -0.3 is 10.2 Å². The summed E-state index contributed by atoms with van der Waals surface area (Å²) in [4.78, 5) is 5.33. The fourth-order valence-corrected chi connectivity index (χ4v) is 9.73. The minimum absolute atomic E-state index is 0.0775. The zero-order chi connectivity index (χ0) is 22.7. The van der Waals surface area contributed by atoms with Crippen LogP contribution in [0.15, 0.2) is 0 Å². The summed E-state index contributed by atoms with van der Waals surface area (Å²) in [6.45, 7) is 14.3. The molecule has 1 heterocycles. The van der Waals surface area contributed by atoms with E-state index in [2.05, 4.69) is 37.5 Å². The van der Waals surface area contributed by atoms with Crippen molar-refractivity contribution >= 4 is 0 Å². The molecule has 0 aromatic rings. The summed E-state index contributed by atoms with van der Waals surface area (Å²) in [5, 5.41) is 22.0. The lowest BCUT2D eigenvalue weighted by molar-refractivity contribution is -0.155. The summed E-state index contributed by atoms with van der Waals surface area (Å²) >= 11 is 0. The first-order chi connectivity index (χ1) is 15.3. The van der Waals surface area contributed by atoms with Gasteiger partial charge in [-0.3, -0.25) is 9.80 Å². The Labute approximate surface area is 197 Å². The summed E-state index contributed by atoms with van der Waals surface area (Å²) in [6, 6.07) is 1.04. The first-order valence-corrected chi connectivity index (χ1v) is 14.1. The Bertz CT molecular complexity index is 664. The minimum atomic E-state index is -0.147. The van der Waals surface area contributed by atoms with Crippen LogP contribution in [0.25, 0.3) is 0 Å². The average molecular weight is 447 g/mol. The number of hydrogen-bond acceptors (Lipinski definition) is 4. The van der Waals surface area contributed by atoms with Crippen molar-refractivity contribution in [2.24, 2.45) is 34.5 Å². The molecule has 0 aromatic carbocycles. The molecule has 0 amide bonds. The predicted octanol–water partition coefficient (Wildman–Crippen LogP) is 4.54. The van der Waals surface area contributed by atoms with Gasteiger partial charge in [0.15, 0.2) is 0 Å². The molecule has 5 rings (SSSR count). The molecule has 5 aliphatic rings. The second kappa shape index (κ2) is 8.81. The first kappa shape index (κ1) is 23.6. The Kier molecular flexibility index (Phi) is 6.49. The topological polar surface area (TPSA) is 46.9 Å². The van der Waals surface area contributed by atoms with Gasteiger partial charge in [0.2, 0.25) is 0 Å². The summed E-state index contributed by atoms with van der Waals surface area (Å²) < 4.78 is 0. The van der Waals surface area contributed by atoms with Gasteiger partial charge in [0, 0.05) is 38.3 Å². The predicted molar refractivity (Wildman–Crippen MR) is 130 cm³/mol. The van der Waals surface area contributed by atoms with Crippen LogP contribution in [-0.2, 0) is 0 Å². The van der Waals surface area contributed by atoms with Gasteiger partial charge in [-0.25, -0.2) is 0 Å². The van der Waals surface area contributed by atoms with Gasteiger partial charge in [-0.15, -0.1) is 0 Å². The van der Waals surface area contributed by atoms with E-state index in [-0.39, 0.29) is 17.6 Å². The number of aliphatic hydroxyl groups is 2. The first-order valence-electron chi connectivity index (χ1n) is 14.1. The molecule has 0 aromatic heterocycles. The zero-order valence-corrected chi connectivity index (χ0v) is 21.3. The molecule has 0 spiro atoms. The summed E-state index contributed by atoms with van der Waals surface area (Å²) in [5.74, 6) is 3.01. The van der Waals surface area contributed by atoms with Gasteiger partial charge in [-0.1, -0.05) is 27.2 Å². The molecule has 4 saturated carbocycles. The van der Waals surface area contributed by atoms with E-state index in [1.54, 1.807) is 0 Å². The molecule has 184 valence electrons. The van der Waals surface area contributed by atoms with Crippen molar-refractivity contribution in [3.63, 3.8) is 0 Å². The maximum atomic E-state index is 11.3. The third-order valence-electron chi connectivity index (χ3n) is 11.8. The second-order valence-electron chi connectivity index (χ2n) is 13.1. The highest BCUT2D eigenvalue weighted by molar-refractivity contribution is 5.11. The molecule has 32 heavy (non-hydrogen) atoms. The minimum Gasteiger partial charge on any atom is -0.393 e. The van der Waals surface area contributed by atoms with Gasteiger partial charge in [-0.05, 0) is 99.2 Å². The van der Waals surface area contributed by atoms with Gasteiger partial charge in [0.1, 0.15) is 0 Å². The van der Waals surface area contributed by atoms with Gasteiger partial charge in [0.25, 0.3) is 0 Å². The normalized spacial score (nSPS) is 51.0. The SMILES string of the molecule is CCCC(C)N1CCN([C@H]2C[C@@]3(C)[C@@H](CC[C@@H]4[C@@H]3CC[C@]3(C)[C@@H](O)CC[C@@H]43)C[C@@H]2O)CC1. The van der Waals surface area contributed by atoms with Crippen molar-refractivity contribution in [2.75, 3.05) is 26.2 Å². The van der Waals surface area contributed by atoms with Crippen LogP contribution in [0.3, 0.4) is 0 Å². The maximum absolute atomic E-state index is 11.3. The molecular formula is C28H50N2O2. The van der Waals surface area contributed by atoms with E-state index in [1.165, 1.54) is 51.4 Å². The molecular weight excluding hydrogens is 396 g/mol. The van der Waals surface area contributed by atoms with Crippen molar-refractivity contribution in [1.82, 2.24) is 9.80 Å². The Hall–Kier alpha value is -0.160. The maximum Gasteiger partial charge on any atom is 0.0698 e. The summed E-state index contributed by atoms with van der Waals surface area (Å²) in [5.41, 5.74) is 0.539. The van der Waals surface area contributed by atoms with Crippen LogP contribution in [0.1, 0.15) is 91.9 Å². The van der Waals surface area contributed by atoms with E-state index in [0.29, 0.717) is 23.4 Å². The number of nitrogens with zero attached hydrogens (tertiary/aromatic N) is 2. The number of aliphatic hydroxyl groups excluding tert-OH is 2. The molecule has 4 nitrogen and oxygen atoms in total. The van der Waals surface area contributed by atoms with Crippen molar-refractivity contribution in [2.45, 2.75) is 116 Å². The van der Waals surface area contributed by atoms with E-state index < -0.39 is 0 Å². The zero-order valence-electron chi connectivity index (χ0n) is 21.3. The molecule has 10 atom stereocenters. The third kappa shape index (κ3) is 3.71. The van der Waals surface area contributed by atoms with Crippen molar-refractivity contribution in [3.8, 4) is 0 Å². The van der Waals surface area contributed by atoms with Crippen LogP contribution >= 0.6 is 0 Å². The summed E-state index contributed by atoms with van der Waals surface area (Å²) in [7, 11) is 0. The third-order valence-corrected chi connectivity index (χ3v) is 11.8. The molecule has 5 fully saturated rings. The highest BCUT2D eigenvalue weighted by atomic mass is 16.3. The van der Waals surface area contributed by atoms with Crippen molar-refractivity contribution < 1.29 is 10.2 Å². The Balaban J connectivity index is 1.29. The molecule has 1 unspecified atom stereocenters. The Morgan fingerprint density at radius 3 is 2.34 bits per heavy atom. The number of fused-ring (bicyclic) bond motifs is 5. The lowest BCUT2D eigenvalue weighted by Crippen LogP contribution is -2.62. The highest BCUT2D eigenvalue weighted by Crippen LogP contribution is 2.66. The van der Waals surface area contributed by atoms with Crippen LogP contribution in [0.5, 0.6) is 0 Å². The van der Waals surface area contributed by atoms with Crippen LogP contribution in [0.2, 0.25) is 0 Å². The second-order valence-corrected chi connectivity index (χ2v) is 13.1. The fourth-order valence-electron chi connectivity index (χ4n) is 9.73. The Morgan fingerprint density at radius 2 is 1.62 bits per heavy atom. The quantitative estimate of drug-likeness (QED) is 0.666. The summed E-state index contributed by atoms with van der Waals surface area (Å²) in [6.07, 6.45) is 11.9. The lowest BCUT2D eigenvalue weighted by Gasteiger charge is -2.62. The van der Waals surface area contributed by atoms with Crippen LogP contribution in [-0.4, -0.2) is 70.5 Å². The molecule has 2 N–H and O–H groups in total. The Morgan fingerprint density at radius 1 is 0.906 bits per heavy atom. The average Bonchev–Trinajstić information content (AvgIpc) is 3.09.